The number of nitrogens with one attached hydrogen (secondary N) is 3. The van der Waals surface area contributed by atoms with Crippen LogP contribution in [0.5, 0.6) is 0 Å². The molecule has 0 saturated heterocycles. The minimum atomic E-state index is -0.305. The Balaban J connectivity index is 1.92. The molecule has 0 radical (unpaired) electrons. The van der Waals surface area contributed by atoms with E-state index in [1.165, 1.54) is 15.9 Å². The van der Waals surface area contributed by atoms with Crippen molar-refractivity contribution in [3.63, 3.8) is 0 Å². The molecule has 1 aromatic carbocycles. The number of hydrazine groups is 1. The van der Waals surface area contributed by atoms with Gasteiger partial charge in [-0.3, -0.25) is 9.89 Å². The first-order chi connectivity index (χ1) is 11.2. The lowest BCUT2D eigenvalue weighted by molar-refractivity contribution is 0.246. The number of hydrogen-bond acceptors (Lipinski definition) is 4. The molecule has 3 aromatic rings. The van der Waals surface area contributed by atoms with Crippen LogP contribution in [0.2, 0.25) is 0 Å². The molecule has 3 N–H and O–H groups in total. The van der Waals surface area contributed by atoms with E-state index in [9.17, 15) is 9.59 Å². The van der Waals surface area contributed by atoms with Gasteiger partial charge in [0.2, 0.25) is 0 Å². The van der Waals surface area contributed by atoms with Crippen molar-refractivity contribution in [2.75, 3.05) is 12.1 Å². The molecule has 0 bridgehead atoms. The monoisotopic (exact) mass is 310 g/mol. The predicted octanol–water partition coefficient (Wildman–Crippen LogP) is 0.878. The first kappa shape index (κ1) is 13.5. The van der Waals surface area contributed by atoms with Crippen LogP contribution < -0.4 is 21.3 Å². The zero-order valence-electron chi connectivity index (χ0n) is 12.3. The van der Waals surface area contributed by atoms with E-state index < -0.39 is 0 Å². The summed E-state index contributed by atoms with van der Waals surface area (Å²) in [5, 5.41) is 7.50. The summed E-state index contributed by atoms with van der Waals surface area (Å²) in [5.74, 6) is 0.498. The molecule has 23 heavy (non-hydrogen) atoms. The second kappa shape index (κ2) is 4.96. The predicted molar refractivity (Wildman–Crippen MR) is 85.5 cm³/mol. The number of anilines is 1. The van der Waals surface area contributed by atoms with Crippen LogP contribution in [-0.4, -0.2) is 27.8 Å². The molecule has 0 spiro atoms. The Morgan fingerprint density at radius 3 is 2.83 bits per heavy atom. The topological polar surface area (TPSA) is 95.1 Å². The van der Waals surface area contributed by atoms with Gasteiger partial charge >= 0.3 is 6.03 Å². The Bertz CT molecular complexity index is 959. The van der Waals surface area contributed by atoms with Crippen molar-refractivity contribution in [3.8, 4) is 5.69 Å². The first-order valence-corrected chi connectivity index (χ1v) is 7.14. The lowest BCUT2D eigenvalue weighted by Gasteiger charge is -2.14. The highest BCUT2D eigenvalue weighted by Gasteiger charge is 2.28. The van der Waals surface area contributed by atoms with Crippen molar-refractivity contribution in [2.45, 2.75) is 6.54 Å². The Morgan fingerprint density at radius 2 is 2.09 bits per heavy atom. The lowest BCUT2D eigenvalue weighted by Crippen LogP contribution is -2.44. The molecule has 0 aliphatic carbocycles. The Labute approximate surface area is 130 Å². The second-order valence-electron chi connectivity index (χ2n) is 5.16. The minimum Gasteiger partial charge on any atom is -0.340 e. The number of benzene rings is 1. The van der Waals surface area contributed by atoms with Crippen LogP contribution in [0.1, 0.15) is 5.56 Å². The summed E-state index contributed by atoms with van der Waals surface area (Å²) >= 11 is 0. The smallest absolute Gasteiger partial charge is 0.337 e. The molecule has 3 heterocycles. The SMILES string of the molecule is CNC(=O)N1NCc2c1ncc1c(=O)n(-c3ccccc3)[nH]c21. The number of fused-ring (bicyclic) bond motifs is 3. The number of para-hydroxylation sites is 1. The van der Waals surface area contributed by atoms with Gasteiger partial charge in [-0.25, -0.2) is 24.9 Å². The number of nitrogens with zero attached hydrogens (tertiary/aromatic N) is 3. The van der Waals surface area contributed by atoms with Gasteiger partial charge in [0.15, 0.2) is 5.82 Å². The minimum absolute atomic E-state index is 0.167. The van der Waals surface area contributed by atoms with Crippen LogP contribution in [-0.2, 0) is 6.54 Å². The third-order valence-corrected chi connectivity index (χ3v) is 3.87. The van der Waals surface area contributed by atoms with Gasteiger partial charge in [0.05, 0.1) is 16.6 Å². The van der Waals surface area contributed by atoms with Crippen molar-refractivity contribution in [2.24, 2.45) is 0 Å². The maximum Gasteiger partial charge on any atom is 0.337 e. The molecule has 2 amide bonds. The van der Waals surface area contributed by atoms with Crippen molar-refractivity contribution in [1.82, 2.24) is 25.5 Å². The Hall–Kier alpha value is -3.13. The quantitative estimate of drug-likeness (QED) is 0.622. The fourth-order valence-corrected chi connectivity index (χ4v) is 2.75. The zero-order chi connectivity index (χ0) is 16.0. The molecule has 116 valence electrons. The molecule has 8 heteroatoms. The summed E-state index contributed by atoms with van der Waals surface area (Å²) in [6.45, 7) is 0.418. The fraction of sp³-hybridized carbons (Fsp3) is 0.133. The third kappa shape index (κ3) is 1.92. The van der Waals surface area contributed by atoms with Gasteiger partial charge in [-0.15, -0.1) is 0 Å². The van der Waals surface area contributed by atoms with Crippen LogP contribution in [0, 0.1) is 0 Å². The Morgan fingerprint density at radius 1 is 1.30 bits per heavy atom. The molecule has 1 aliphatic rings. The van der Waals surface area contributed by atoms with Gasteiger partial charge < -0.3 is 5.32 Å². The molecule has 8 nitrogen and oxygen atoms in total. The standard InChI is InChI=1S/C15H14N6O2/c1-16-15(23)21-13-10(8-18-21)12-11(7-17-13)14(22)20(19-12)9-5-3-2-4-6-9/h2-7,18-19H,8H2,1H3,(H,16,23). The maximum absolute atomic E-state index is 12.6. The van der Waals surface area contributed by atoms with E-state index in [2.05, 4.69) is 20.8 Å². The van der Waals surface area contributed by atoms with Crippen molar-refractivity contribution in [3.05, 3.63) is 52.4 Å². The fourth-order valence-electron chi connectivity index (χ4n) is 2.75. The van der Waals surface area contributed by atoms with Crippen molar-refractivity contribution < 1.29 is 4.79 Å². The van der Waals surface area contributed by atoms with E-state index in [1.807, 2.05) is 30.3 Å². The molecule has 4 rings (SSSR count). The largest absolute Gasteiger partial charge is 0.340 e. The van der Waals surface area contributed by atoms with Gasteiger partial charge in [-0.05, 0) is 12.1 Å². The van der Waals surface area contributed by atoms with Gasteiger partial charge in [-0.2, -0.15) is 0 Å². The van der Waals surface area contributed by atoms with Crippen molar-refractivity contribution in [1.29, 1.82) is 0 Å². The normalized spacial score (nSPS) is 13.3. The summed E-state index contributed by atoms with van der Waals surface area (Å²) in [4.78, 5) is 28.7. The van der Waals surface area contributed by atoms with Crippen LogP contribution in [0.4, 0.5) is 10.6 Å². The summed E-state index contributed by atoms with van der Waals surface area (Å²) in [6.07, 6.45) is 1.50. The number of carbonyl (C=O) groups is 1. The molecule has 0 fully saturated rings. The summed E-state index contributed by atoms with van der Waals surface area (Å²) in [5.41, 5.74) is 5.01. The number of aromatic nitrogens is 3. The molecule has 0 atom stereocenters. The van der Waals surface area contributed by atoms with E-state index in [0.29, 0.717) is 23.3 Å². The van der Waals surface area contributed by atoms with Gasteiger partial charge in [0.25, 0.3) is 5.56 Å². The second-order valence-corrected chi connectivity index (χ2v) is 5.16. The lowest BCUT2D eigenvalue weighted by atomic mass is 10.2. The highest BCUT2D eigenvalue weighted by molar-refractivity contribution is 5.95. The van der Waals surface area contributed by atoms with E-state index in [1.54, 1.807) is 7.05 Å². The molecule has 2 aromatic heterocycles. The number of amides is 2. The molecular formula is C15H14N6O2. The molecule has 0 unspecified atom stereocenters. The number of rotatable bonds is 1. The van der Waals surface area contributed by atoms with E-state index >= 15 is 0 Å². The molecule has 1 aliphatic heterocycles. The van der Waals surface area contributed by atoms with Crippen LogP contribution in [0.3, 0.4) is 0 Å². The maximum atomic E-state index is 12.6. The average Bonchev–Trinajstić information content (AvgIpc) is 3.16. The zero-order valence-corrected chi connectivity index (χ0v) is 12.3. The number of hydrogen-bond donors (Lipinski definition) is 3. The number of urea groups is 1. The third-order valence-electron chi connectivity index (χ3n) is 3.87. The average molecular weight is 310 g/mol. The van der Waals surface area contributed by atoms with Crippen LogP contribution in [0.15, 0.2) is 41.3 Å². The van der Waals surface area contributed by atoms with Crippen LogP contribution in [0.25, 0.3) is 16.6 Å². The van der Waals surface area contributed by atoms with E-state index in [0.717, 1.165) is 11.3 Å². The van der Waals surface area contributed by atoms with Gasteiger partial charge in [0.1, 0.15) is 0 Å². The van der Waals surface area contributed by atoms with E-state index in [4.69, 9.17) is 0 Å². The highest BCUT2D eigenvalue weighted by atomic mass is 16.2. The summed E-state index contributed by atoms with van der Waals surface area (Å²) in [6, 6.07) is 9.01. The van der Waals surface area contributed by atoms with Gasteiger partial charge in [0, 0.05) is 25.4 Å². The Kier molecular flexibility index (Phi) is 2.91. The molecular weight excluding hydrogens is 296 g/mol. The van der Waals surface area contributed by atoms with Crippen molar-refractivity contribution >= 4 is 22.8 Å². The van der Waals surface area contributed by atoms with Crippen LogP contribution >= 0.6 is 0 Å². The highest BCUT2D eigenvalue weighted by Crippen LogP contribution is 2.28. The molecule has 0 saturated carbocycles. The summed E-state index contributed by atoms with van der Waals surface area (Å²) < 4.78 is 1.48. The number of H-pyrrole nitrogens is 1. The van der Waals surface area contributed by atoms with Gasteiger partial charge in [-0.1, -0.05) is 18.2 Å². The summed E-state index contributed by atoms with van der Waals surface area (Å²) in [7, 11) is 1.55. The number of carbonyl (C=O) groups excluding carboxylic acids is 1. The number of pyridine rings is 1. The first-order valence-electron chi connectivity index (χ1n) is 7.14. The number of aromatic amines is 1. The van der Waals surface area contributed by atoms with E-state index in [-0.39, 0.29) is 11.6 Å².